The number of anilines is 1. The van der Waals surface area contributed by atoms with Crippen molar-refractivity contribution in [2.45, 2.75) is 26.3 Å². The molecule has 1 aliphatic rings. The van der Waals surface area contributed by atoms with Gasteiger partial charge in [0, 0.05) is 25.3 Å². The van der Waals surface area contributed by atoms with Crippen molar-refractivity contribution in [2.75, 3.05) is 18.8 Å². The molecule has 0 aromatic heterocycles. The lowest BCUT2D eigenvalue weighted by Crippen LogP contribution is -2.43. The van der Waals surface area contributed by atoms with Crippen molar-refractivity contribution < 1.29 is 8.42 Å². The molecule has 0 amide bonds. The van der Waals surface area contributed by atoms with Gasteiger partial charge in [-0.15, -0.1) is 0 Å². The molecule has 100 valence electrons. The molecule has 0 saturated heterocycles. The lowest BCUT2D eigenvalue weighted by atomic mass is 10.00. The number of nitrogens with zero attached hydrogens (tertiary/aromatic N) is 1. The number of nitrogens with one attached hydrogen (secondary N) is 1. The molecule has 18 heavy (non-hydrogen) atoms. The van der Waals surface area contributed by atoms with Crippen molar-refractivity contribution in [1.29, 1.82) is 0 Å². The van der Waals surface area contributed by atoms with E-state index < -0.39 is 10.2 Å². The molecule has 5 nitrogen and oxygen atoms in total. The normalized spacial score (nSPS) is 16.5. The van der Waals surface area contributed by atoms with Gasteiger partial charge in [0.05, 0.1) is 0 Å². The summed E-state index contributed by atoms with van der Waals surface area (Å²) >= 11 is 0. The first kappa shape index (κ1) is 13.3. The zero-order chi connectivity index (χ0) is 13.2. The molecule has 6 heteroatoms. The summed E-state index contributed by atoms with van der Waals surface area (Å²) in [4.78, 5) is 0. The summed E-state index contributed by atoms with van der Waals surface area (Å²) in [7, 11) is -3.38. The molecule has 0 fully saturated rings. The summed E-state index contributed by atoms with van der Waals surface area (Å²) in [6.45, 7) is 3.28. The lowest BCUT2D eigenvalue weighted by molar-refractivity contribution is 0.385. The standard InChI is InChI=1S/C12H19N3O2S/c1-2-7-14-18(16,17)15-8-6-10-4-3-5-12(13)11(10)9-15/h3-5,14H,2,6-9,13H2,1H3. The third-order valence-electron chi connectivity index (χ3n) is 3.15. The second-order valence-corrected chi connectivity index (χ2v) is 6.22. The molecule has 0 unspecified atom stereocenters. The van der Waals surface area contributed by atoms with Gasteiger partial charge < -0.3 is 5.73 Å². The van der Waals surface area contributed by atoms with Crippen LogP contribution in [0.5, 0.6) is 0 Å². The molecular formula is C12H19N3O2S. The number of fused-ring (bicyclic) bond motifs is 1. The Balaban J connectivity index is 2.19. The Kier molecular flexibility index (Phi) is 3.89. The number of hydrogen-bond donors (Lipinski definition) is 2. The fourth-order valence-electron chi connectivity index (χ4n) is 2.11. The third-order valence-corrected chi connectivity index (χ3v) is 4.71. The second-order valence-electron chi connectivity index (χ2n) is 4.47. The van der Waals surface area contributed by atoms with Crippen LogP contribution in [0, 0.1) is 0 Å². The number of rotatable bonds is 4. The van der Waals surface area contributed by atoms with Gasteiger partial charge in [-0.05, 0) is 30.0 Å². The van der Waals surface area contributed by atoms with Crippen LogP contribution in [0.3, 0.4) is 0 Å². The van der Waals surface area contributed by atoms with Crippen LogP contribution in [0.15, 0.2) is 18.2 Å². The van der Waals surface area contributed by atoms with E-state index in [0.717, 1.165) is 17.5 Å². The number of benzene rings is 1. The van der Waals surface area contributed by atoms with Crippen LogP contribution < -0.4 is 10.5 Å². The molecular weight excluding hydrogens is 250 g/mol. The van der Waals surface area contributed by atoms with Gasteiger partial charge in [0.1, 0.15) is 0 Å². The van der Waals surface area contributed by atoms with Crippen molar-refractivity contribution in [3.8, 4) is 0 Å². The molecule has 0 atom stereocenters. The van der Waals surface area contributed by atoms with Crippen molar-refractivity contribution in [2.24, 2.45) is 0 Å². The summed E-state index contributed by atoms with van der Waals surface area (Å²) < 4.78 is 28.1. The smallest absolute Gasteiger partial charge is 0.279 e. The highest BCUT2D eigenvalue weighted by molar-refractivity contribution is 7.87. The van der Waals surface area contributed by atoms with Crippen molar-refractivity contribution >= 4 is 15.9 Å². The zero-order valence-electron chi connectivity index (χ0n) is 10.5. The molecule has 0 aliphatic carbocycles. The largest absolute Gasteiger partial charge is 0.398 e. The van der Waals surface area contributed by atoms with E-state index in [1.807, 2.05) is 25.1 Å². The Morgan fingerprint density at radius 1 is 1.44 bits per heavy atom. The highest BCUT2D eigenvalue weighted by Gasteiger charge is 2.26. The van der Waals surface area contributed by atoms with Gasteiger partial charge in [-0.25, -0.2) is 4.72 Å². The predicted molar refractivity (Wildman–Crippen MR) is 72.2 cm³/mol. The molecule has 0 radical (unpaired) electrons. The van der Waals surface area contributed by atoms with Crippen LogP contribution >= 0.6 is 0 Å². The second kappa shape index (κ2) is 5.26. The van der Waals surface area contributed by atoms with E-state index in [2.05, 4.69) is 4.72 Å². The highest BCUT2D eigenvalue weighted by Crippen LogP contribution is 2.25. The summed E-state index contributed by atoms with van der Waals surface area (Å²) in [6, 6.07) is 5.73. The number of nitrogen functional groups attached to an aromatic ring is 1. The number of hydrogen-bond acceptors (Lipinski definition) is 3. The topological polar surface area (TPSA) is 75.4 Å². The first-order valence-corrected chi connectivity index (χ1v) is 7.59. The van der Waals surface area contributed by atoms with E-state index in [1.165, 1.54) is 4.31 Å². The van der Waals surface area contributed by atoms with E-state index in [1.54, 1.807) is 0 Å². The SMILES string of the molecule is CCCNS(=O)(=O)N1CCc2cccc(N)c2C1. The monoisotopic (exact) mass is 269 g/mol. The average Bonchev–Trinajstić information content (AvgIpc) is 2.36. The Bertz CT molecular complexity index is 528. The molecule has 0 spiro atoms. The van der Waals surface area contributed by atoms with E-state index in [0.29, 0.717) is 31.7 Å². The van der Waals surface area contributed by atoms with E-state index in [9.17, 15) is 8.42 Å². The van der Waals surface area contributed by atoms with Gasteiger partial charge in [0.15, 0.2) is 0 Å². The predicted octanol–water partition coefficient (Wildman–Crippen LogP) is 0.871. The summed E-state index contributed by atoms with van der Waals surface area (Å²) in [5.74, 6) is 0. The summed E-state index contributed by atoms with van der Waals surface area (Å²) in [5.41, 5.74) is 8.66. The van der Waals surface area contributed by atoms with Crippen LogP contribution in [0.4, 0.5) is 5.69 Å². The van der Waals surface area contributed by atoms with Crippen molar-refractivity contribution in [3.63, 3.8) is 0 Å². The molecule has 2 rings (SSSR count). The Labute approximate surface area is 108 Å². The summed E-state index contributed by atoms with van der Waals surface area (Å²) in [5, 5.41) is 0. The minimum Gasteiger partial charge on any atom is -0.398 e. The van der Waals surface area contributed by atoms with Crippen LogP contribution in [0.1, 0.15) is 24.5 Å². The maximum atomic E-state index is 12.0. The van der Waals surface area contributed by atoms with E-state index in [4.69, 9.17) is 5.73 Å². The minimum atomic E-state index is -3.38. The highest BCUT2D eigenvalue weighted by atomic mass is 32.2. The Hall–Kier alpha value is -1.11. The van der Waals surface area contributed by atoms with E-state index >= 15 is 0 Å². The molecule has 3 N–H and O–H groups in total. The van der Waals surface area contributed by atoms with Crippen molar-refractivity contribution in [3.05, 3.63) is 29.3 Å². The first-order chi connectivity index (χ1) is 8.54. The van der Waals surface area contributed by atoms with Gasteiger partial charge in [-0.3, -0.25) is 0 Å². The minimum absolute atomic E-state index is 0.362. The molecule has 0 saturated carbocycles. The quantitative estimate of drug-likeness (QED) is 0.796. The fourth-order valence-corrected chi connectivity index (χ4v) is 3.38. The average molecular weight is 269 g/mol. The van der Waals surface area contributed by atoms with Gasteiger partial charge in [-0.1, -0.05) is 19.1 Å². The first-order valence-electron chi connectivity index (χ1n) is 6.15. The lowest BCUT2D eigenvalue weighted by Gasteiger charge is -2.28. The van der Waals surface area contributed by atoms with Gasteiger partial charge in [0.2, 0.25) is 0 Å². The van der Waals surface area contributed by atoms with Gasteiger partial charge in [-0.2, -0.15) is 12.7 Å². The maximum Gasteiger partial charge on any atom is 0.279 e. The molecule has 0 bridgehead atoms. The Morgan fingerprint density at radius 2 is 2.22 bits per heavy atom. The van der Waals surface area contributed by atoms with Gasteiger partial charge >= 0.3 is 0 Å². The Morgan fingerprint density at radius 3 is 2.94 bits per heavy atom. The summed E-state index contributed by atoms with van der Waals surface area (Å²) in [6.07, 6.45) is 1.50. The van der Waals surface area contributed by atoms with Crippen LogP contribution in [-0.2, 0) is 23.2 Å². The molecule has 1 aliphatic heterocycles. The van der Waals surface area contributed by atoms with Gasteiger partial charge in [0.25, 0.3) is 10.2 Å². The van der Waals surface area contributed by atoms with Crippen LogP contribution in [0.2, 0.25) is 0 Å². The molecule has 1 aromatic rings. The number of nitrogens with two attached hydrogens (primary N) is 1. The van der Waals surface area contributed by atoms with Crippen molar-refractivity contribution in [1.82, 2.24) is 9.03 Å². The zero-order valence-corrected chi connectivity index (χ0v) is 11.3. The van der Waals surface area contributed by atoms with E-state index in [-0.39, 0.29) is 0 Å². The fraction of sp³-hybridized carbons (Fsp3) is 0.500. The molecule has 1 aromatic carbocycles. The maximum absolute atomic E-state index is 12.0. The van der Waals surface area contributed by atoms with Crippen LogP contribution in [0.25, 0.3) is 0 Å². The molecule has 1 heterocycles. The van der Waals surface area contributed by atoms with Crippen LogP contribution in [-0.4, -0.2) is 25.8 Å². The third kappa shape index (κ3) is 2.66.